The van der Waals surface area contributed by atoms with Crippen LogP contribution in [0.5, 0.6) is 0 Å². The predicted molar refractivity (Wildman–Crippen MR) is 69.6 cm³/mol. The SMILES string of the molecule is Cc1c(Br)cccc1NC(C)c1ccco1. The molecule has 1 aromatic carbocycles. The molecule has 0 amide bonds. The molecule has 0 spiro atoms. The van der Waals surface area contributed by atoms with Gasteiger partial charge in [0.15, 0.2) is 0 Å². The van der Waals surface area contributed by atoms with Gasteiger partial charge in [0.1, 0.15) is 5.76 Å². The molecule has 2 nitrogen and oxygen atoms in total. The molecule has 0 aliphatic rings. The maximum absolute atomic E-state index is 5.36. The Bertz CT molecular complexity index is 465. The summed E-state index contributed by atoms with van der Waals surface area (Å²) in [5.41, 5.74) is 2.33. The maximum Gasteiger partial charge on any atom is 0.125 e. The van der Waals surface area contributed by atoms with Gasteiger partial charge in [-0.15, -0.1) is 0 Å². The van der Waals surface area contributed by atoms with Crippen LogP contribution in [-0.2, 0) is 0 Å². The highest BCUT2D eigenvalue weighted by Crippen LogP contribution is 2.27. The Morgan fingerprint density at radius 2 is 2.06 bits per heavy atom. The standard InChI is InChI=1S/C13H14BrNO/c1-9-11(14)5-3-6-12(9)15-10(2)13-7-4-8-16-13/h3-8,10,15H,1-2H3. The third-order valence-electron chi connectivity index (χ3n) is 2.61. The van der Waals surface area contributed by atoms with E-state index in [1.807, 2.05) is 24.3 Å². The van der Waals surface area contributed by atoms with Gasteiger partial charge in [-0.05, 0) is 43.7 Å². The Labute approximate surface area is 104 Å². The predicted octanol–water partition coefficient (Wildman–Crippen LogP) is 4.52. The number of rotatable bonds is 3. The fourth-order valence-corrected chi connectivity index (χ4v) is 1.97. The van der Waals surface area contributed by atoms with Crippen molar-refractivity contribution < 1.29 is 4.42 Å². The van der Waals surface area contributed by atoms with Crippen LogP contribution in [0.2, 0.25) is 0 Å². The van der Waals surface area contributed by atoms with Crippen LogP contribution in [0.25, 0.3) is 0 Å². The van der Waals surface area contributed by atoms with Crippen LogP contribution in [0, 0.1) is 6.92 Å². The van der Waals surface area contributed by atoms with Crippen LogP contribution in [-0.4, -0.2) is 0 Å². The van der Waals surface area contributed by atoms with Gasteiger partial charge in [-0.25, -0.2) is 0 Å². The molecule has 2 aromatic rings. The summed E-state index contributed by atoms with van der Waals surface area (Å²) in [5.74, 6) is 0.944. The summed E-state index contributed by atoms with van der Waals surface area (Å²) in [5, 5.41) is 3.43. The maximum atomic E-state index is 5.36. The second-order valence-corrected chi connectivity index (χ2v) is 4.65. The van der Waals surface area contributed by atoms with Crippen molar-refractivity contribution >= 4 is 21.6 Å². The molecule has 3 heteroatoms. The monoisotopic (exact) mass is 279 g/mol. The van der Waals surface area contributed by atoms with Crippen LogP contribution < -0.4 is 5.32 Å². The first kappa shape index (κ1) is 11.3. The van der Waals surface area contributed by atoms with Gasteiger partial charge in [0.25, 0.3) is 0 Å². The van der Waals surface area contributed by atoms with E-state index in [0.717, 1.165) is 15.9 Å². The molecule has 1 heterocycles. The zero-order chi connectivity index (χ0) is 11.5. The molecule has 0 radical (unpaired) electrons. The quantitative estimate of drug-likeness (QED) is 0.894. The second-order valence-electron chi connectivity index (χ2n) is 3.79. The average Bonchev–Trinajstić information content (AvgIpc) is 2.78. The Kier molecular flexibility index (Phi) is 3.34. The van der Waals surface area contributed by atoms with Crippen LogP contribution in [0.15, 0.2) is 45.5 Å². The number of benzene rings is 1. The van der Waals surface area contributed by atoms with Gasteiger partial charge in [0, 0.05) is 10.2 Å². The molecule has 0 aliphatic carbocycles. The van der Waals surface area contributed by atoms with Gasteiger partial charge < -0.3 is 9.73 Å². The van der Waals surface area contributed by atoms with E-state index in [4.69, 9.17) is 4.42 Å². The highest BCUT2D eigenvalue weighted by molar-refractivity contribution is 9.10. The number of halogens is 1. The lowest BCUT2D eigenvalue weighted by molar-refractivity contribution is 0.490. The molecule has 0 bridgehead atoms. The van der Waals surface area contributed by atoms with E-state index < -0.39 is 0 Å². The molecule has 1 aromatic heterocycles. The molecule has 16 heavy (non-hydrogen) atoms. The number of hydrogen-bond acceptors (Lipinski definition) is 2. The zero-order valence-corrected chi connectivity index (χ0v) is 10.9. The first-order valence-corrected chi connectivity index (χ1v) is 6.03. The fourth-order valence-electron chi connectivity index (χ4n) is 1.61. The van der Waals surface area contributed by atoms with Gasteiger partial charge in [0.05, 0.1) is 12.3 Å². The minimum atomic E-state index is 0.169. The molecule has 84 valence electrons. The van der Waals surface area contributed by atoms with E-state index in [2.05, 4.69) is 41.2 Å². The smallest absolute Gasteiger partial charge is 0.125 e. The molecule has 0 aliphatic heterocycles. The van der Waals surface area contributed by atoms with Crippen LogP contribution in [0.3, 0.4) is 0 Å². The van der Waals surface area contributed by atoms with Gasteiger partial charge in [-0.3, -0.25) is 0 Å². The van der Waals surface area contributed by atoms with Crippen LogP contribution >= 0.6 is 15.9 Å². The lowest BCUT2D eigenvalue weighted by Gasteiger charge is -2.15. The number of nitrogens with one attached hydrogen (secondary N) is 1. The molecule has 1 unspecified atom stereocenters. The summed E-state index contributed by atoms with van der Waals surface area (Å²) in [6.45, 7) is 4.17. The highest BCUT2D eigenvalue weighted by Gasteiger charge is 2.09. The second kappa shape index (κ2) is 4.74. The number of anilines is 1. The van der Waals surface area contributed by atoms with Gasteiger partial charge in [-0.1, -0.05) is 22.0 Å². The first-order chi connectivity index (χ1) is 7.68. The molecule has 2 rings (SSSR count). The summed E-state index contributed by atoms with van der Waals surface area (Å²) in [7, 11) is 0. The molecular weight excluding hydrogens is 266 g/mol. The van der Waals surface area contributed by atoms with Crippen molar-refractivity contribution in [2.75, 3.05) is 5.32 Å². The van der Waals surface area contributed by atoms with Crippen molar-refractivity contribution in [1.82, 2.24) is 0 Å². The molecule has 0 saturated carbocycles. The van der Waals surface area contributed by atoms with Crippen molar-refractivity contribution in [3.63, 3.8) is 0 Å². The first-order valence-electron chi connectivity index (χ1n) is 5.23. The van der Waals surface area contributed by atoms with Crippen molar-refractivity contribution in [1.29, 1.82) is 0 Å². The fraction of sp³-hybridized carbons (Fsp3) is 0.231. The van der Waals surface area contributed by atoms with E-state index in [-0.39, 0.29) is 6.04 Å². The van der Waals surface area contributed by atoms with E-state index in [1.54, 1.807) is 6.26 Å². The zero-order valence-electron chi connectivity index (χ0n) is 9.33. The molecule has 1 atom stereocenters. The molecule has 0 saturated heterocycles. The lowest BCUT2D eigenvalue weighted by atomic mass is 10.1. The van der Waals surface area contributed by atoms with Gasteiger partial charge in [-0.2, -0.15) is 0 Å². The lowest BCUT2D eigenvalue weighted by Crippen LogP contribution is -2.06. The summed E-state index contributed by atoms with van der Waals surface area (Å²) >= 11 is 3.52. The Balaban J connectivity index is 2.18. The number of hydrogen-bond donors (Lipinski definition) is 1. The van der Waals surface area contributed by atoms with E-state index >= 15 is 0 Å². The normalized spacial score (nSPS) is 12.4. The van der Waals surface area contributed by atoms with Crippen molar-refractivity contribution in [2.24, 2.45) is 0 Å². The summed E-state index contributed by atoms with van der Waals surface area (Å²) in [6, 6.07) is 10.2. The Hall–Kier alpha value is -1.22. The molecule has 1 N–H and O–H groups in total. The minimum Gasteiger partial charge on any atom is -0.467 e. The summed E-state index contributed by atoms with van der Waals surface area (Å²) in [6.07, 6.45) is 1.70. The molecular formula is C13H14BrNO. The average molecular weight is 280 g/mol. The van der Waals surface area contributed by atoms with Crippen LogP contribution in [0.4, 0.5) is 5.69 Å². The minimum absolute atomic E-state index is 0.169. The van der Waals surface area contributed by atoms with E-state index in [0.29, 0.717) is 0 Å². The Morgan fingerprint density at radius 1 is 1.25 bits per heavy atom. The van der Waals surface area contributed by atoms with Crippen LogP contribution in [0.1, 0.15) is 24.3 Å². The molecule has 0 fully saturated rings. The van der Waals surface area contributed by atoms with E-state index in [9.17, 15) is 0 Å². The largest absolute Gasteiger partial charge is 0.467 e. The summed E-state index contributed by atoms with van der Waals surface area (Å²) in [4.78, 5) is 0. The Morgan fingerprint density at radius 3 is 2.75 bits per heavy atom. The highest BCUT2D eigenvalue weighted by atomic mass is 79.9. The number of furan rings is 1. The summed E-state index contributed by atoms with van der Waals surface area (Å²) < 4.78 is 6.48. The van der Waals surface area contributed by atoms with Crippen molar-refractivity contribution in [3.8, 4) is 0 Å². The van der Waals surface area contributed by atoms with E-state index in [1.165, 1.54) is 5.56 Å². The van der Waals surface area contributed by atoms with Crippen molar-refractivity contribution in [3.05, 3.63) is 52.4 Å². The van der Waals surface area contributed by atoms with Crippen molar-refractivity contribution in [2.45, 2.75) is 19.9 Å². The third-order valence-corrected chi connectivity index (χ3v) is 3.47. The third kappa shape index (κ3) is 2.30. The van der Waals surface area contributed by atoms with Gasteiger partial charge >= 0.3 is 0 Å². The topological polar surface area (TPSA) is 25.2 Å². The van der Waals surface area contributed by atoms with Gasteiger partial charge in [0.2, 0.25) is 0 Å².